The van der Waals surface area contributed by atoms with Crippen molar-refractivity contribution in [2.24, 2.45) is 0 Å². The lowest BCUT2D eigenvalue weighted by atomic mass is 10.1. The van der Waals surface area contributed by atoms with Crippen LogP contribution < -0.4 is 14.2 Å². The van der Waals surface area contributed by atoms with Crippen LogP contribution in [0.1, 0.15) is 23.8 Å². The van der Waals surface area contributed by atoms with Gasteiger partial charge in [-0.1, -0.05) is 25.1 Å². The van der Waals surface area contributed by atoms with Gasteiger partial charge in [-0.05, 0) is 53.9 Å². The zero-order chi connectivity index (χ0) is 23.1. The van der Waals surface area contributed by atoms with Gasteiger partial charge in [0.05, 0.1) is 26.2 Å². The molecule has 0 aliphatic heterocycles. The smallest absolute Gasteiger partial charge is 0.322 e. The molecule has 0 aliphatic rings. The molecule has 2 aromatic carbocycles. The Bertz CT molecular complexity index is 1160. The molecule has 0 atom stereocenters. The van der Waals surface area contributed by atoms with Crippen molar-refractivity contribution < 1.29 is 26.5 Å². The summed E-state index contributed by atoms with van der Waals surface area (Å²) in [6.07, 6.45) is 3.36. The van der Waals surface area contributed by atoms with Crippen LogP contribution in [0.4, 0.5) is 10.5 Å². The van der Waals surface area contributed by atoms with E-state index in [0.717, 1.165) is 18.2 Å². The van der Waals surface area contributed by atoms with Crippen molar-refractivity contribution in [2.45, 2.75) is 26.4 Å². The third-order valence-electron chi connectivity index (χ3n) is 4.64. The number of hydrogen-bond acceptors (Lipinski definition) is 6. The molecular weight excluding hydrogens is 432 g/mol. The van der Waals surface area contributed by atoms with Crippen molar-refractivity contribution in [1.29, 1.82) is 0 Å². The SMILES string of the molecule is CCc1cccc(NC(=O)N(Cc2ccc(OC)c(OS(C)(=O)=O)c2)Cc2ccco2)c1. The summed E-state index contributed by atoms with van der Waals surface area (Å²) < 4.78 is 38.9. The number of methoxy groups -OCH3 is 1. The van der Waals surface area contributed by atoms with Crippen LogP contribution in [0.3, 0.4) is 0 Å². The van der Waals surface area contributed by atoms with Crippen LogP contribution in [-0.4, -0.2) is 32.7 Å². The molecule has 2 amide bonds. The Balaban J connectivity index is 1.85. The monoisotopic (exact) mass is 458 g/mol. The van der Waals surface area contributed by atoms with Gasteiger partial charge in [-0.2, -0.15) is 8.42 Å². The minimum atomic E-state index is -3.75. The van der Waals surface area contributed by atoms with Crippen LogP contribution in [0.15, 0.2) is 65.3 Å². The van der Waals surface area contributed by atoms with Crippen molar-refractivity contribution in [3.05, 3.63) is 77.7 Å². The number of amides is 2. The first kappa shape index (κ1) is 23.2. The van der Waals surface area contributed by atoms with Gasteiger partial charge < -0.3 is 23.6 Å². The maximum Gasteiger partial charge on any atom is 0.322 e. The van der Waals surface area contributed by atoms with E-state index < -0.39 is 10.1 Å². The van der Waals surface area contributed by atoms with E-state index in [1.54, 1.807) is 41.5 Å². The Hall–Kier alpha value is -3.46. The Kier molecular flexibility index (Phi) is 7.42. The van der Waals surface area contributed by atoms with E-state index in [1.165, 1.54) is 7.11 Å². The quantitative estimate of drug-likeness (QED) is 0.477. The average molecular weight is 459 g/mol. The standard InChI is InChI=1S/C23H26N2O6S/c1-4-17-7-5-8-19(13-17)24-23(26)25(16-20-9-6-12-30-20)15-18-10-11-21(29-2)22(14-18)31-32(3,27)28/h5-14H,4,15-16H2,1-3H3,(H,24,26). The van der Waals surface area contributed by atoms with Crippen LogP contribution in [0.2, 0.25) is 0 Å². The van der Waals surface area contributed by atoms with Crippen LogP contribution in [0.25, 0.3) is 0 Å². The molecule has 32 heavy (non-hydrogen) atoms. The van der Waals surface area contributed by atoms with E-state index in [-0.39, 0.29) is 30.6 Å². The summed E-state index contributed by atoms with van der Waals surface area (Å²) in [4.78, 5) is 14.7. The van der Waals surface area contributed by atoms with E-state index in [9.17, 15) is 13.2 Å². The minimum absolute atomic E-state index is 0.0569. The molecule has 0 radical (unpaired) electrons. The highest BCUT2D eigenvalue weighted by atomic mass is 32.2. The number of urea groups is 1. The molecule has 1 aromatic heterocycles. The molecule has 1 N–H and O–H groups in total. The van der Waals surface area contributed by atoms with Crippen LogP contribution in [0.5, 0.6) is 11.5 Å². The zero-order valence-electron chi connectivity index (χ0n) is 18.2. The van der Waals surface area contributed by atoms with Crippen LogP contribution in [0, 0.1) is 0 Å². The predicted molar refractivity (Wildman–Crippen MR) is 121 cm³/mol. The molecule has 0 bridgehead atoms. The van der Waals surface area contributed by atoms with Crippen molar-refractivity contribution in [3.63, 3.8) is 0 Å². The Morgan fingerprint density at radius 3 is 2.50 bits per heavy atom. The summed E-state index contributed by atoms with van der Waals surface area (Å²) in [7, 11) is -2.33. The first-order valence-corrected chi connectivity index (χ1v) is 11.8. The normalized spacial score (nSPS) is 11.1. The first-order chi connectivity index (χ1) is 15.3. The van der Waals surface area contributed by atoms with Crippen LogP contribution in [-0.2, 0) is 29.6 Å². The van der Waals surface area contributed by atoms with E-state index in [4.69, 9.17) is 13.3 Å². The lowest BCUT2D eigenvalue weighted by molar-refractivity contribution is 0.201. The predicted octanol–water partition coefficient (Wildman–Crippen LogP) is 4.42. The lowest BCUT2D eigenvalue weighted by Gasteiger charge is -2.23. The van der Waals surface area contributed by atoms with Gasteiger partial charge in [-0.15, -0.1) is 0 Å². The van der Waals surface area contributed by atoms with Crippen LogP contribution >= 0.6 is 0 Å². The minimum Gasteiger partial charge on any atom is -0.493 e. The molecule has 3 rings (SSSR count). The van der Waals surface area contributed by atoms with Gasteiger partial charge in [-0.25, -0.2) is 4.79 Å². The Labute approximate surface area is 187 Å². The third kappa shape index (κ3) is 6.52. The maximum absolute atomic E-state index is 13.1. The van der Waals surface area contributed by atoms with Crippen molar-refractivity contribution in [1.82, 2.24) is 4.90 Å². The molecule has 0 fully saturated rings. The Morgan fingerprint density at radius 2 is 1.84 bits per heavy atom. The first-order valence-electron chi connectivity index (χ1n) is 10.0. The van der Waals surface area contributed by atoms with Crippen molar-refractivity contribution in [3.8, 4) is 11.5 Å². The fourth-order valence-electron chi connectivity index (χ4n) is 3.13. The summed E-state index contributed by atoms with van der Waals surface area (Å²) in [6, 6.07) is 15.7. The molecule has 0 saturated carbocycles. The fraction of sp³-hybridized carbons (Fsp3) is 0.261. The van der Waals surface area contributed by atoms with Gasteiger partial charge in [0.1, 0.15) is 5.76 Å². The number of aryl methyl sites for hydroxylation is 1. The van der Waals surface area contributed by atoms with Gasteiger partial charge in [0, 0.05) is 12.2 Å². The number of furan rings is 1. The zero-order valence-corrected chi connectivity index (χ0v) is 19.0. The number of carbonyl (C=O) groups is 1. The summed E-state index contributed by atoms with van der Waals surface area (Å²) in [5, 5.41) is 2.92. The second-order valence-electron chi connectivity index (χ2n) is 7.19. The summed E-state index contributed by atoms with van der Waals surface area (Å²) in [5.41, 5.74) is 2.46. The summed E-state index contributed by atoms with van der Waals surface area (Å²) >= 11 is 0. The number of ether oxygens (including phenoxy) is 1. The summed E-state index contributed by atoms with van der Waals surface area (Å²) in [6.45, 7) is 2.45. The highest BCUT2D eigenvalue weighted by molar-refractivity contribution is 7.86. The summed E-state index contributed by atoms with van der Waals surface area (Å²) in [5.74, 6) is 0.947. The second-order valence-corrected chi connectivity index (χ2v) is 8.77. The molecule has 0 saturated heterocycles. The maximum atomic E-state index is 13.1. The molecule has 3 aromatic rings. The molecule has 1 heterocycles. The van der Waals surface area contributed by atoms with E-state index in [1.807, 2.05) is 31.2 Å². The van der Waals surface area contributed by atoms with Gasteiger partial charge in [0.2, 0.25) is 0 Å². The number of nitrogens with zero attached hydrogens (tertiary/aromatic N) is 1. The molecule has 0 aliphatic carbocycles. The average Bonchev–Trinajstić information content (AvgIpc) is 3.25. The highest BCUT2D eigenvalue weighted by Crippen LogP contribution is 2.30. The van der Waals surface area contributed by atoms with E-state index in [2.05, 4.69) is 5.32 Å². The number of carbonyl (C=O) groups excluding carboxylic acids is 1. The molecule has 9 heteroatoms. The Morgan fingerprint density at radius 1 is 1.03 bits per heavy atom. The molecule has 170 valence electrons. The number of hydrogen-bond donors (Lipinski definition) is 1. The lowest BCUT2D eigenvalue weighted by Crippen LogP contribution is -2.34. The molecule has 0 unspecified atom stereocenters. The van der Waals surface area contributed by atoms with Crippen molar-refractivity contribution in [2.75, 3.05) is 18.7 Å². The molecule has 0 spiro atoms. The highest BCUT2D eigenvalue weighted by Gasteiger charge is 2.19. The number of rotatable bonds is 9. The number of nitrogens with one attached hydrogen (secondary N) is 1. The molecular formula is C23H26N2O6S. The van der Waals surface area contributed by atoms with E-state index in [0.29, 0.717) is 17.0 Å². The number of anilines is 1. The van der Waals surface area contributed by atoms with E-state index >= 15 is 0 Å². The van der Waals surface area contributed by atoms with Crippen molar-refractivity contribution >= 4 is 21.8 Å². The van der Waals surface area contributed by atoms with Gasteiger partial charge >= 0.3 is 16.1 Å². The topological polar surface area (TPSA) is 98.1 Å². The second kappa shape index (κ2) is 10.2. The fourth-order valence-corrected chi connectivity index (χ4v) is 3.59. The third-order valence-corrected chi connectivity index (χ3v) is 5.13. The number of benzene rings is 2. The van der Waals surface area contributed by atoms with Gasteiger partial charge in [0.15, 0.2) is 11.5 Å². The van der Waals surface area contributed by atoms with Gasteiger partial charge in [-0.3, -0.25) is 0 Å². The largest absolute Gasteiger partial charge is 0.493 e. The molecule has 8 nitrogen and oxygen atoms in total. The van der Waals surface area contributed by atoms with Gasteiger partial charge in [0.25, 0.3) is 0 Å².